The lowest BCUT2D eigenvalue weighted by molar-refractivity contribution is -0.0639. The summed E-state index contributed by atoms with van der Waals surface area (Å²) in [6.07, 6.45) is 7.24. The van der Waals surface area contributed by atoms with Gasteiger partial charge in [-0.15, -0.1) is 0 Å². The van der Waals surface area contributed by atoms with Crippen LogP contribution >= 0.6 is 0 Å². The predicted octanol–water partition coefficient (Wildman–Crippen LogP) is 3.51. The fourth-order valence-corrected chi connectivity index (χ4v) is 3.64. The molecule has 0 radical (unpaired) electrons. The van der Waals surface area contributed by atoms with Gasteiger partial charge in [-0.05, 0) is 29.8 Å². The van der Waals surface area contributed by atoms with E-state index in [-0.39, 0.29) is 22.9 Å². The second-order valence-electron chi connectivity index (χ2n) is 7.30. The lowest BCUT2D eigenvalue weighted by Crippen LogP contribution is -2.42. The number of piperidine rings is 1. The van der Waals surface area contributed by atoms with E-state index < -0.39 is 0 Å². The molecule has 1 saturated heterocycles. The van der Waals surface area contributed by atoms with Crippen molar-refractivity contribution in [2.45, 2.75) is 18.4 Å². The molecule has 6 heteroatoms. The standard InChI is InChI=1S/C23H24N2O4/c1-28-22-15-18(7-8-21(22)27)20(26)9-12-25-13-10-23(11-14-25)16-19(24-29-23)17-5-3-2-4-6-17/h2-9,12,15-16,24,27H,10-11,13-14H2,1H3. The van der Waals surface area contributed by atoms with E-state index in [9.17, 15) is 9.90 Å². The summed E-state index contributed by atoms with van der Waals surface area (Å²) in [5.74, 6) is 0.173. The van der Waals surface area contributed by atoms with Gasteiger partial charge in [0.15, 0.2) is 17.3 Å². The van der Waals surface area contributed by atoms with Crippen LogP contribution in [0, 0.1) is 0 Å². The van der Waals surface area contributed by atoms with Gasteiger partial charge in [-0.3, -0.25) is 15.1 Å². The molecular weight excluding hydrogens is 368 g/mol. The van der Waals surface area contributed by atoms with Gasteiger partial charge in [0.1, 0.15) is 5.60 Å². The van der Waals surface area contributed by atoms with Gasteiger partial charge in [0.25, 0.3) is 0 Å². The molecule has 29 heavy (non-hydrogen) atoms. The van der Waals surface area contributed by atoms with E-state index >= 15 is 0 Å². The third-order valence-electron chi connectivity index (χ3n) is 5.40. The summed E-state index contributed by atoms with van der Waals surface area (Å²) in [6, 6.07) is 14.7. The number of phenols is 1. The van der Waals surface area contributed by atoms with Crippen molar-refractivity contribution in [3.05, 3.63) is 78.0 Å². The Morgan fingerprint density at radius 2 is 1.97 bits per heavy atom. The number of rotatable bonds is 5. The molecular formula is C23H24N2O4. The molecule has 2 heterocycles. The van der Waals surface area contributed by atoms with Crippen LogP contribution in [0.3, 0.4) is 0 Å². The molecule has 6 nitrogen and oxygen atoms in total. The maximum Gasteiger partial charge on any atom is 0.187 e. The minimum absolute atomic E-state index is 0.0162. The number of aromatic hydroxyl groups is 1. The van der Waals surface area contributed by atoms with E-state index in [1.54, 1.807) is 18.2 Å². The summed E-state index contributed by atoms with van der Waals surface area (Å²) in [4.78, 5) is 20.5. The summed E-state index contributed by atoms with van der Waals surface area (Å²) in [6.45, 7) is 1.59. The van der Waals surface area contributed by atoms with Crippen LogP contribution in [-0.2, 0) is 4.84 Å². The molecule has 2 N–H and O–H groups in total. The van der Waals surface area contributed by atoms with Gasteiger partial charge in [0.2, 0.25) is 0 Å². The number of likely N-dealkylation sites (tertiary alicyclic amines) is 1. The number of nitrogens with one attached hydrogen (secondary N) is 1. The normalized spacial score (nSPS) is 18.0. The molecule has 0 amide bonds. The van der Waals surface area contributed by atoms with Crippen molar-refractivity contribution in [3.63, 3.8) is 0 Å². The zero-order valence-electron chi connectivity index (χ0n) is 16.3. The largest absolute Gasteiger partial charge is 0.504 e. The molecule has 0 aromatic heterocycles. The number of carbonyl (C=O) groups excluding carboxylic acids is 1. The van der Waals surface area contributed by atoms with Crippen LogP contribution in [0.25, 0.3) is 5.70 Å². The van der Waals surface area contributed by atoms with Crippen molar-refractivity contribution in [3.8, 4) is 11.5 Å². The second-order valence-corrected chi connectivity index (χ2v) is 7.30. The summed E-state index contributed by atoms with van der Waals surface area (Å²) in [7, 11) is 1.46. The Hall–Kier alpha value is -3.25. The lowest BCUT2D eigenvalue weighted by Gasteiger charge is -2.36. The first kappa shape index (κ1) is 19.1. The molecule has 4 rings (SSSR count). The van der Waals surface area contributed by atoms with Gasteiger partial charge in [-0.2, -0.15) is 0 Å². The average Bonchev–Trinajstić information content (AvgIpc) is 3.18. The summed E-state index contributed by atoms with van der Waals surface area (Å²) in [5.41, 5.74) is 5.37. The van der Waals surface area contributed by atoms with Gasteiger partial charge in [-0.1, -0.05) is 30.3 Å². The Morgan fingerprint density at radius 1 is 1.21 bits per heavy atom. The van der Waals surface area contributed by atoms with Crippen molar-refractivity contribution in [1.82, 2.24) is 10.4 Å². The number of hydrogen-bond acceptors (Lipinski definition) is 6. The SMILES string of the molecule is COc1cc(C(=O)C=CN2CCC3(C=C(c4ccccc4)NO3)CC2)ccc1O. The van der Waals surface area contributed by atoms with E-state index in [1.165, 1.54) is 13.2 Å². The molecule has 2 aliphatic rings. The topological polar surface area (TPSA) is 71.0 Å². The fourth-order valence-electron chi connectivity index (χ4n) is 3.64. The summed E-state index contributed by atoms with van der Waals surface area (Å²) < 4.78 is 5.06. The molecule has 1 spiro atoms. The number of methoxy groups -OCH3 is 1. The maximum absolute atomic E-state index is 12.4. The van der Waals surface area contributed by atoms with Crippen LogP contribution in [0.4, 0.5) is 0 Å². The van der Waals surface area contributed by atoms with Crippen LogP contribution in [0.15, 0.2) is 66.9 Å². The Balaban J connectivity index is 1.37. The van der Waals surface area contributed by atoms with Crippen LogP contribution in [-0.4, -0.2) is 41.6 Å². The minimum atomic E-state index is -0.302. The van der Waals surface area contributed by atoms with Gasteiger partial charge >= 0.3 is 0 Å². The molecule has 2 aromatic carbocycles. The number of hydrogen-bond donors (Lipinski definition) is 2. The molecule has 0 atom stereocenters. The number of ketones is 1. The summed E-state index contributed by atoms with van der Waals surface area (Å²) >= 11 is 0. The molecule has 150 valence electrons. The highest BCUT2D eigenvalue weighted by molar-refractivity contribution is 6.04. The fraction of sp³-hybridized carbons (Fsp3) is 0.261. The highest BCUT2D eigenvalue weighted by Crippen LogP contribution is 2.34. The highest BCUT2D eigenvalue weighted by Gasteiger charge is 2.38. The van der Waals surface area contributed by atoms with Crippen LogP contribution in [0.2, 0.25) is 0 Å². The molecule has 1 fully saturated rings. The van der Waals surface area contributed by atoms with Crippen LogP contribution in [0.1, 0.15) is 28.8 Å². The van der Waals surface area contributed by atoms with E-state index in [0.717, 1.165) is 37.2 Å². The Kier molecular flexibility index (Phi) is 5.27. The second kappa shape index (κ2) is 8.01. The van der Waals surface area contributed by atoms with Crippen molar-refractivity contribution >= 4 is 11.5 Å². The van der Waals surface area contributed by atoms with Crippen molar-refractivity contribution in [2.24, 2.45) is 0 Å². The first-order valence-electron chi connectivity index (χ1n) is 9.64. The number of allylic oxidation sites excluding steroid dienone is 1. The number of benzene rings is 2. The van der Waals surface area contributed by atoms with Gasteiger partial charge < -0.3 is 14.7 Å². The zero-order valence-corrected chi connectivity index (χ0v) is 16.3. The Morgan fingerprint density at radius 3 is 2.69 bits per heavy atom. The predicted molar refractivity (Wildman–Crippen MR) is 110 cm³/mol. The number of nitrogens with zero attached hydrogens (tertiary/aromatic N) is 1. The van der Waals surface area contributed by atoms with Gasteiger partial charge in [0.05, 0.1) is 12.8 Å². The number of ether oxygens (including phenoxy) is 1. The third kappa shape index (κ3) is 4.12. The number of hydroxylamine groups is 1. The van der Waals surface area contributed by atoms with Crippen LogP contribution < -0.4 is 10.2 Å². The van der Waals surface area contributed by atoms with E-state index in [2.05, 4.69) is 28.6 Å². The van der Waals surface area contributed by atoms with Gasteiger partial charge in [0, 0.05) is 43.8 Å². The average molecular weight is 392 g/mol. The first-order valence-corrected chi connectivity index (χ1v) is 9.64. The Labute approximate surface area is 170 Å². The van der Waals surface area contributed by atoms with E-state index in [0.29, 0.717) is 5.56 Å². The molecule has 0 saturated carbocycles. The van der Waals surface area contributed by atoms with E-state index in [4.69, 9.17) is 9.57 Å². The number of phenolic OH excluding ortho intramolecular Hbond substituents is 1. The highest BCUT2D eigenvalue weighted by atomic mass is 16.7. The first-order chi connectivity index (χ1) is 14.1. The van der Waals surface area contributed by atoms with Gasteiger partial charge in [-0.25, -0.2) is 0 Å². The number of carbonyl (C=O) groups is 1. The van der Waals surface area contributed by atoms with Crippen molar-refractivity contribution in [1.29, 1.82) is 0 Å². The maximum atomic E-state index is 12.4. The van der Waals surface area contributed by atoms with Crippen LogP contribution in [0.5, 0.6) is 11.5 Å². The van der Waals surface area contributed by atoms with E-state index in [1.807, 2.05) is 24.4 Å². The quantitative estimate of drug-likeness (QED) is 0.599. The zero-order chi connectivity index (χ0) is 20.3. The molecule has 2 aromatic rings. The Bertz CT molecular complexity index is 945. The molecule has 2 aliphatic heterocycles. The molecule has 0 unspecified atom stereocenters. The monoisotopic (exact) mass is 392 g/mol. The van der Waals surface area contributed by atoms with Crippen molar-refractivity contribution in [2.75, 3.05) is 20.2 Å². The minimum Gasteiger partial charge on any atom is -0.504 e. The third-order valence-corrected chi connectivity index (χ3v) is 5.40. The summed E-state index contributed by atoms with van der Waals surface area (Å²) in [5, 5.41) is 9.66. The molecule has 0 bridgehead atoms. The molecule has 0 aliphatic carbocycles. The van der Waals surface area contributed by atoms with Crippen molar-refractivity contribution < 1.29 is 19.5 Å². The smallest absolute Gasteiger partial charge is 0.187 e. The lowest BCUT2D eigenvalue weighted by atomic mass is 9.90.